The van der Waals surface area contributed by atoms with Gasteiger partial charge in [0.25, 0.3) is 0 Å². The van der Waals surface area contributed by atoms with E-state index < -0.39 is 10.0 Å². The van der Waals surface area contributed by atoms with Crippen molar-refractivity contribution in [1.29, 1.82) is 0 Å². The highest BCUT2D eigenvalue weighted by atomic mass is 32.2. The summed E-state index contributed by atoms with van der Waals surface area (Å²) in [5, 5.41) is 3.01. The monoisotopic (exact) mass is 430 g/mol. The maximum Gasteiger partial charge on any atom is 0.223 e. The molecule has 6 nitrogen and oxygen atoms in total. The molecule has 1 heterocycles. The zero-order valence-electron chi connectivity index (χ0n) is 17.4. The van der Waals surface area contributed by atoms with Gasteiger partial charge in [0.15, 0.2) is 0 Å². The van der Waals surface area contributed by atoms with Crippen LogP contribution in [-0.4, -0.2) is 45.4 Å². The second-order valence-electron chi connectivity index (χ2n) is 7.66. The highest BCUT2D eigenvalue weighted by Gasteiger charge is 2.30. The molecule has 1 aliphatic rings. The molecule has 1 saturated heterocycles. The van der Waals surface area contributed by atoms with Crippen molar-refractivity contribution in [2.75, 3.05) is 26.7 Å². The van der Waals surface area contributed by atoms with Crippen LogP contribution in [0.2, 0.25) is 0 Å². The minimum atomic E-state index is -3.35. The van der Waals surface area contributed by atoms with Crippen LogP contribution in [-0.2, 0) is 27.0 Å². The number of nitrogens with one attached hydrogen (secondary N) is 1. The van der Waals surface area contributed by atoms with E-state index in [4.69, 9.17) is 4.74 Å². The normalized spacial score (nSPS) is 15.6. The lowest BCUT2D eigenvalue weighted by molar-refractivity contribution is -0.126. The van der Waals surface area contributed by atoms with E-state index in [0.29, 0.717) is 32.5 Å². The summed E-state index contributed by atoms with van der Waals surface area (Å²) in [6.45, 7) is 1.43. The molecule has 2 aromatic carbocycles. The summed E-state index contributed by atoms with van der Waals surface area (Å²) in [5.74, 6) is 0.763. The average Bonchev–Trinajstić information content (AvgIpc) is 2.77. The molecule has 0 unspecified atom stereocenters. The number of rotatable bonds is 9. The van der Waals surface area contributed by atoms with Gasteiger partial charge in [0.1, 0.15) is 5.75 Å². The van der Waals surface area contributed by atoms with E-state index in [1.54, 1.807) is 7.11 Å². The third-order valence-corrected chi connectivity index (χ3v) is 7.36. The Bertz CT molecular complexity index is 906. The number of piperidine rings is 1. The molecular formula is C23H30N2O4S. The van der Waals surface area contributed by atoms with Crippen molar-refractivity contribution in [1.82, 2.24) is 9.62 Å². The Balaban J connectivity index is 1.38. The number of hydrogen-bond acceptors (Lipinski definition) is 4. The molecule has 0 atom stereocenters. The number of benzene rings is 2. The lowest BCUT2D eigenvalue weighted by Crippen LogP contribution is -2.43. The Labute approximate surface area is 179 Å². The Morgan fingerprint density at radius 1 is 1.03 bits per heavy atom. The van der Waals surface area contributed by atoms with Crippen LogP contribution in [0.25, 0.3) is 0 Å². The average molecular weight is 431 g/mol. The molecule has 0 radical (unpaired) electrons. The molecule has 0 aromatic heterocycles. The highest BCUT2D eigenvalue weighted by Crippen LogP contribution is 2.22. The minimum Gasteiger partial charge on any atom is -0.497 e. The number of carbonyl (C=O) groups excluding carboxylic acids is 1. The van der Waals surface area contributed by atoms with Crippen molar-refractivity contribution >= 4 is 15.9 Å². The van der Waals surface area contributed by atoms with Gasteiger partial charge >= 0.3 is 0 Å². The van der Waals surface area contributed by atoms with Gasteiger partial charge in [0.2, 0.25) is 15.9 Å². The summed E-state index contributed by atoms with van der Waals surface area (Å²) in [4.78, 5) is 12.4. The molecule has 30 heavy (non-hydrogen) atoms. The van der Waals surface area contributed by atoms with Crippen molar-refractivity contribution in [2.24, 2.45) is 5.92 Å². The lowest BCUT2D eigenvalue weighted by Gasteiger charge is -2.30. The van der Waals surface area contributed by atoms with Crippen LogP contribution in [0.3, 0.4) is 0 Å². The summed E-state index contributed by atoms with van der Waals surface area (Å²) >= 11 is 0. The quantitative estimate of drug-likeness (QED) is 0.621. The molecule has 0 spiro atoms. The number of carbonyl (C=O) groups is 1. The van der Waals surface area contributed by atoms with Gasteiger partial charge < -0.3 is 10.1 Å². The third kappa shape index (κ3) is 6.31. The smallest absolute Gasteiger partial charge is 0.223 e. The number of hydrogen-bond donors (Lipinski definition) is 1. The summed E-state index contributed by atoms with van der Waals surface area (Å²) in [6.07, 6.45) is 2.89. The van der Waals surface area contributed by atoms with Crippen molar-refractivity contribution in [3.63, 3.8) is 0 Å². The van der Waals surface area contributed by atoms with E-state index in [1.807, 2.05) is 54.6 Å². The van der Waals surface area contributed by atoms with Gasteiger partial charge in [-0.2, -0.15) is 0 Å². The SMILES string of the molecule is COc1ccc(CCCNC(=O)C2CCN(S(=O)(=O)Cc3ccccc3)CC2)cc1. The van der Waals surface area contributed by atoms with Crippen LogP contribution in [0, 0.1) is 5.92 Å². The number of sulfonamides is 1. The summed E-state index contributed by atoms with van der Waals surface area (Å²) < 4.78 is 31.9. The van der Waals surface area contributed by atoms with Crippen LogP contribution in [0.1, 0.15) is 30.4 Å². The molecule has 1 aliphatic heterocycles. The molecule has 0 aliphatic carbocycles. The fourth-order valence-electron chi connectivity index (χ4n) is 3.71. The van der Waals surface area contributed by atoms with Crippen LogP contribution in [0.4, 0.5) is 0 Å². The number of ether oxygens (including phenoxy) is 1. The van der Waals surface area contributed by atoms with Gasteiger partial charge in [0, 0.05) is 25.6 Å². The van der Waals surface area contributed by atoms with Crippen molar-refractivity contribution in [2.45, 2.75) is 31.4 Å². The number of amides is 1. The van der Waals surface area contributed by atoms with Crippen molar-refractivity contribution < 1.29 is 17.9 Å². The maximum atomic E-state index is 12.6. The lowest BCUT2D eigenvalue weighted by atomic mass is 9.97. The zero-order chi connectivity index (χ0) is 21.4. The predicted molar refractivity (Wildman–Crippen MR) is 118 cm³/mol. The second kappa shape index (κ2) is 10.6. The summed E-state index contributed by atoms with van der Waals surface area (Å²) in [5.41, 5.74) is 2.00. The largest absolute Gasteiger partial charge is 0.497 e. The Morgan fingerprint density at radius 3 is 2.33 bits per heavy atom. The molecule has 0 bridgehead atoms. The first-order valence-electron chi connectivity index (χ1n) is 10.4. The number of nitrogens with zero attached hydrogens (tertiary/aromatic N) is 1. The number of aryl methyl sites for hydroxylation is 1. The van der Waals surface area contributed by atoms with E-state index in [0.717, 1.165) is 24.2 Å². The maximum absolute atomic E-state index is 12.6. The summed E-state index contributed by atoms with van der Waals surface area (Å²) in [7, 11) is -1.70. The van der Waals surface area contributed by atoms with E-state index >= 15 is 0 Å². The van der Waals surface area contributed by atoms with Gasteiger partial charge in [-0.05, 0) is 48.9 Å². The first kappa shape index (κ1) is 22.3. The van der Waals surface area contributed by atoms with Gasteiger partial charge in [-0.3, -0.25) is 4.79 Å². The number of methoxy groups -OCH3 is 1. The van der Waals surface area contributed by atoms with E-state index in [9.17, 15) is 13.2 Å². The molecule has 162 valence electrons. The molecule has 2 aromatic rings. The van der Waals surface area contributed by atoms with E-state index in [2.05, 4.69) is 5.32 Å². The molecule has 1 N–H and O–H groups in total. The van der Waals surface area contributed by atoms with Gasteiger partial charge in [-0.1, -0.05) is 42.5 Å². The Morgan fingerprint density at radius 2 is 1.70 bits per heavy atom. The van der Waals surface area contributed by atoms with E-state index in [1.165, 1.54) is 9.87 Å². The first-order chi connectivity index (χ1) is 14.5. The fourth-order valence-corrected chi connectivity index (χ4v) is 5.28. The molecule has 0 saturated carbocycles. The zero-order valence-corrected chi connectivity index (χ0v) is 18.2. The van der Waals surface area contributed by atoms with Crippen LogP contribution in [0.15, 0.2) is 54.6 Å². The first-order valence-corrected chi connectivity index (χ1v) is 12.0. The fraction of sp³-hybridized carbons (Fsp3) is 0.435. The van der Waals surface area contributed by atoms with Crippen LogP contribution >= 0.6 is 0 Å². The van der Waals surface area contributed by atoms with Crippen molar-refractivity contribution in [3.05, 3.63) is 65.7 Å². The highest BCUT2D eigenvalue weighted by molar-refractivity contribution is 7.88. The molecular weight excluding hydrogens is 400 g/mol. The Hall–Kier alpha value is -2.38. The van der Waals surface area contributed by atoms with Gasteiger partial charge in [0.05, 0.1) is 12.9 Å². The topological polar surface area (TPSA) is 75.7 Å². The summed E-state index contributed by atoms with van der Waals surface area (Å²) in [6, 6.07) is 17.1. The van der Waals surface area contributed by atoms with Crippen LogP contribution < -0.4 is 10.1 Å². The van der Waals surface area contributed by atoms with Crippen LogP contribution in [0.5, 0.6) is 5.75 Å². The molecule has 3 rings (SSSR count). The third-order valence-electron chi connectivity index (χ3n) is 5.51. The molecule has 1 amide bonds. The Kier molecular flexibility index (Phi) is 7.87. The minimum absolute atomic E-state index is 0.00998. The standard InChI is InChI=1S/C23H30N2O4S/c1-29-22-11-9-19(10-12-22)8-5-15-24-23(26)21-13-16-25(17-14-21)30(27,28)18-20-6-3-2-4-7-20/h2-4,6-7,9-12,21H,5,8,13-18H2,1H3,(H,24,26). The van der Waals surface area contributed by atoms with Crippen molar-refractivity contribution in [3.8, 4) is 5.75 Å². The predicted octanol–water partition coefficient (Wildman–Crippen LogP) is 2.99. The second-order valence-corrected chi connectivity index (χ2v) is 9.63. The molecule has 7 heteroatoms. The van der Waals surface area contributed by atoms with Gasteiger partial charge in [-0.15, -0.1) is 0 Å². The van der Waals surface area contributed by atoms with Gasteiger partial charge in [-0.25, -0.2) is 12.7 Å². The van der Waals surface area contributed by atoms with E-state index in [-0.39, 0.29) is 17.6 Å². The molecule has 1 fully saturated rings.